The lowest BCUT2D eigenvalue weighted by atomic mass is 9.89. The van der Waals surface area contributed by atoms with E-state index in [1.807, 2.05) is 35.0 Å². The molecule has 0 unspecified atom stereocenters. The van der Waals surface area contributed by atoms with Crippen molar-refractivity contribution < 1.29 is 14.2 Å². The Morgan fingerprint density at radius 2 is 1.29 bits per heavy atom. The number of fused-ring (bicyclic) bond motifs is 3. The largest absolute Gasteiger partial charge is 0.493 e. The van der Waals surface area contributed by atoms with Gasteiger partial charge in [0.2, 0.25) is 5.75 Å². The minimum atomic E-state index is 0.592. The number of hydrogen-bond donors (Lipinski definition) is 0. The van der Waals surface area contributed by atoms with Gasteiger partial charge in [-0.1, -0.05) is 56.7 Å². The fourth-order valence-corrected chi connectivity index (χ4v) is 5.85. The molecular weight excluding hydrogens is 474 g/mol. The molecule has 2 heterocycles. The van der Waals surface area contributed by atoms with Crippen LogP contribution in [0.4, 0.5) is 0 Å². The number of rotatable bonds is 5. The van der Waals surface area contributed by atoms with E-state index >= 15 is 0 Å². The third-order valence-electron chi connectivity index (χ3n) is 7.75. The van der Waals surface area contributed by atoms with Crippen molar-refractivity contribution in [3.63, 3.8) is 0 Å². The minimum absolute atomic E-state index is 0.592. The fourth-order valence-electron chi connectivity index (χ4n) is 5.85. The van der Waals surface area contributed by atoms with Crippen molar-refractivity contribution in [3.05, 3.63) is 59.3 Å². The highest BCUT2D eigenvalue weighted by Crippen LogP contribution is 2.43. The second-order valence-corrected chi connectivity index (χ2v) is 10.2. The Balaban J connectivity index is 1.80. The van der Waals surface area contributed by atoms with Gasteiger partial charge in [0.15, 0.2) is 17.1 Å². The van der Waals surface area contributed by atoms with Gasteiger partial charge in [-0.2, -0.15) is 5.10 Å². The molecule has 2 aromatic heterocycles. The summed E-state index contributed by atoms with van der Waals surface area (Å²) in [5, 5.41) is 6.22. The van der Waals surface area contributed by atoms with Crippen molar-refractivity contribution in [2.45, 2.75) is 71.1 Å². The number of pyridine rings is 1. The molecule has 1 aliphatic carbocycles. The number of aryl methyl sites for hydroxylation is 2. The van der Waals surface area contributed by atoms with Crippen LogP contribution in [-0.4, -0.2) is 36.1 Å². The topological polar surface area (TPSA) is 58.4 Å². The van der Waals surface area contributed by atoms with Crippen molar-refractivity contribution in [1.82, 2.24) is 14.8 Å². The van der Waals surface area contributed by atoms with Crippen LogP contribution in [-0.2, 0) is 12.8 Å². The highest BCUT2D eigenvalue weighted by atomic mass is 16.5. The highest BCUT2D eigenvalue weighted by Gasteiger charge is 2.24. The minimum Gasteiger partial charge on any atom is -0.493 e. The summed E-state index contributed by atoms with van der Waals surface area (Å²) < 4.78 is 19.1. The smallest absolute Gasteiger partial charge is 0.203 e. The van der Waals surface area contributed by atoms with Gasteiger partial charge in [0.1, 0.15) is 0 Å². The average molecular weight is 514 g/mol. The molecule has 1 aliphatic rings. The Hall–Kier alpha value is -3.54. The quantitative estimate of drug-likeness (QED) is 0.274. The van der Waals surface area contributed by atoms with E-state index in [9.17, 15) is 0 Å². The van der Waals surface area contributed by atoms with Crippen LogP contribution in [0, 0.1) is 6.92 Å². The summed E-state index contributed by atoms with van der Waals surface area (Å²) in [6.45, 7) is 2.12. The van der Waals surface area contributed by atoms with Gasteiger partial charge in [0.25, 0.3) is 0 Å². The molecule has 4 aromatic rings. The summed E-state index contributed by atoms with van der Waals surface area (Å²) in [4.78, 5) is 5.38. The second-order valence-electron chi connectivity index (χ2n) is 10.2. The molecular formula is C32H39N3O3. The lowest BCUT2D eigenvalue weighted by Crippen LogP contribution is -2.06. The van der Waals surface area contributed by atoms with Crippen molar-refractivity contribution in [1.29, 1.82) is 0 Å². The summed E-state index contributed by atoms with van der Waals surface area (Å²) >= 11 is 0. The van der Waals surface area contributed by atoms with Gasteiger partial charge in [0.05, 0.1) is 38.4 Å². The zero-order chi connectivity index (χ0) is 26.5. The molecule has 5 rings (SSSR count). The molecule has 0 bridgehead atoms. The molecule has 6 heteroatoms. The maximum Gasteiger partial charge on any atom is 0.203 e. The van der Waals surface area contributed by atoms with Gasteiger partial charge in [-0.3, -0.25) is 0 Å². The van der Waals surface area contributed by atoms with Crippen LogP contribution in [0.25, 0.3) is 28.0 Å². The fraction of sp³-hybridized carbons (Fsp3) is 0.438. The first-order valence-corrected chi connectivity index (χ1v) is 13.9. The Morgan fingerprint density at radius 1 is 0.711 bits per heavy atom. The van der Waals surface area contributed by atoms with Crippen molar-refractivity contribution in [2.75, 3.05) is 21.3 Å². The SMILES string of the molecule is COc1cc(-c2nc3c(c(C)nn3-c3ccccc3)c3c2CCCCCCCCCC3)cc(OC)c1OC. The molecule has 0 atom stereocenters. The van der Waals surface area contributed by atoms with Gasteiger partial charge in [-0.05, 0) is 68.0 Å². The van der Waals surface area contributed by atoms with E-state index in [0.717, 1.165) is 47.5 Å². The van der Waals surface area contributed by atoms with Crippen LogP contribution in [0.3, 0.4) is 0 Å². The first-order chi connectivity index (χ1) is 18.7. The summed E-state index contributed by atoms with van der Waals surface area (Å²) in [6.07, 6.45) is 12.2. The maximum absolute atomic E-state index is 5.73. The summed E-state index contributed by atoms with van der Waals surface area (Å²) in [7, 11) is 4.96. The van der Waals surface area contributed by atoms with E-state index in [1.54, 1.807) is 21.3 Å². The van der Waals surface area contributed by atoms with Gasteiger partial charge in [-0.15, -0.1) is 0 Å². The molecule has 0 N–H and O–H groups in total. The lowest BCUT2D eigenvalue weighted by Gasteiger charge is -2.19. The van der Waals surface area contributed by atoms with E-state index in [0.29, 0.717) is 17.2 Å². The van der Waals surface area contributed by atoms with Gasteiger partial charge in [-0.25, -0.2) is 9.67 Å². The number of para-hydroxylation sites is 1. The van der Waals surface area contributed by atoms with Crippen molar-refractivity contribution >= 4 is 11.0 Å². The van der Waals surface area contributed by atoms with Gasteiger partial charge in [0, 0.05) is 10.9 Å². The number of benzene rings is 2. The number of aromatic nitrogens is 3. The standard InChI is InChI=1S/C32H39N3O3/c1-22-29-25-18-14-9-7-5-6-8-10-15-19-26(25)30(23-20-27(36-2)31(38-4)28(21-23)37-3)33-32(29)35(34-22)24-16-12-11-13-17-24/h11-13,16-17,20-21H,5-10,14-15,18-19H2,1-4H3. The van der Waals surface area contributed by atoms with E-state index < -0.39 is 0 Å². The van der Waals surface area contributed by atoms with Crippen LogP contribution in [0.15, 0.2) is 42.5 Å². The van der Waals surface area contributed by atoms with Gasteiger partial charge < -0.3 is 14.2 Å². The van der Waals surface area contributed by atoms with E-state index in [-0.39, 0.29) is 0 Å². The molecule has 0 aliphatic heterocycles. The Kier molecular flexibility index (Phi) is 8.16. The van der Waals surface area contributed by atoms with Crippen LogP contribution < -0.4 is 14.2 Å². The van der Waals surface area contributed by atoms with Crippen LogP contribution >= 0.6 is 0 Å². The second kappa shape index (κ2) is 11.9. The number of ether oxygens (including phenoxy) is 3. The molecule has 0 saturated carbocycles. The monoisotopic (exact) mass is 513 g/mol. The van der Waals surface area contributed by atoms with E-state index in [2.05, 4.69) is 19.1 Å². The molecule has 6 nitrogen and oxygen atoms in total. The Labute approximate surface area is 225 Å². The summed E-state index contributed by atoms with van der Waals surface area (Å²) in [6, 6.07) is 14.4. The lowest BCUT2D eigenvalue weighted by molar-refractivity contribution is 0.324. The Bertz CT molecular complexity index is 1370. The Morgan fingerprint density at radius 3 is 1.87 bits per heavy atom. The maximum atomic E-state index is 5.73. The first kappa shape index (κ1) is 26.1. The molecule has 0 spiro atoms. The molecule has 0 radical (unpaired) electrons. The molecule has 200 valence electrons. The normalized spacial score (nSPS) is 14.8. The summed E-state index contributed by atoms with van der Waals surface area (Å²) in [5.41, 5.74) is 7.66. The first-order valence-electron chi connectivity index (χ1n) is 13.9. The zero-order valence-electron chi connectivity index (χ0n) is 23.2. The van der Waals surface area contributed by atoms with Crippen molar-refractivity contribution in [2.24, 2.45) is 0 Å². The predicted molar refractivity (Wildman–Crippen MR) is 153 cm³/mol. The van der Waals surface area contributed by atoms with E-state index in [4.69, 9.17) is 24.3 Å². The molecule has 38 heavy (non-hydrogen) atoms. The summed E-state index contributed by atoms with van der Waals surface area (Å²) in [5.74, 6) is 1.87. The number of methoxy groups -OCH3 is 3. The van der Waals surface area contributed by atoms with Crippen LogP contribution in [0.5, 0.6) is 17.2 Å². The molecule has 0 fully saturated rings. The third kappa shape index (κ3) is 5.09. The molecule has 2 aromatic carbocycles. The zero-order valence-corrected chi connectivity index (χ0v) is 23.2. The van der Waals surface area contributed by atoms with Gasteiger partial charge >= 0.3 is 0 Å². The number of nitrogens with zero attached hydrogens (tertiary/aromatic N) is 3. The average Bonchev–Trinajstić information content (AvgIpc) is 3.28. The molecule has 0 amide bonds. The van der Waals surface area contributed by atoms with Crippen LogP contribution in [0.2, 0.25) is 0 Å². The third-order valence-corrected chi connectivity index (χ3v) is 7.75. The highest BCUT2D eigenvalue weighted by molar-refractivity contribution is 5.89. The van der Waals surface area contributed by atoms with E-state index in [1.165, 1.54) is 61.5 Å². The van der Waals surface area contributed by atoms with Crippen LogP contribution in [0.1, 0.15) is 68.2 Å². The molecule has 0 saturated heterocycles. The number of hydrogen-bond acceptors (Lipinski definition) is 5. The van der Waals surface area contributed by atoms with Crippen molar-refractivity contribution in [3.8, 4) is 34.2 Å². The predicted octanol–water partition coefficient (Wildman–Crippen LogP) is 7.64.